The van der Waals surface area contributed by atoms with Crippen LogP contribution in [-0.4, -0.2) is 37.3 Å². The number of thiazole rings is 2. The number of H-pyrrole nitrogens is 1. The maximum atomic E-state index is 13.6. The monoisotopic (exact) mass is 435 g/mol. The van der Waals surface area contributed by atoms with E-state index >= 15 is 0 Å². The van der Waals surface area contributed by atoms with Crippen molar-refractivity contribution in [2.24, 2.45) is 0 Å². The molecule has 4 heterocycles. The lowest BCUT2D eigenvalue weighted by Crippen LogP contribution is -2.40. The van der Waals surface area contributed by atoms with Gasteiger partial charge in [0, 0.05) is 24.7 Å². The molecular formula is C21H14FN5OS2. The van der Waals surface area contributed by atoms with Gasteiger partial charge in [-0.1, -0.05) is 12.1 Å². The van der Waals surface area contributed by atoms with Gasteiger partial charge in [-0.15, -0.1) is 22.7 Å². The first kappa shape index (κ1) is 17.7. The second kappa shape index (κ2) is 6.68. The number of benzene rings is 2. The van der Waals surface area contributed by atoms with Crippen LogP contribution in [0.3, 0.4) is 0 Å². The molecule has 9 heteroatoms. The van der Waals surface area contributed by atoms with Gasteiger partial charge in [-0.2, -0.15) is 0 Å². The molecule has 1 aliphatic rings. The Morgan fingerprint density at radius 1 is 1.10 bits per heavy atom. The van der Waals surface area contributed by atoms with Crippen LogP contribution in [-0.2, 0) is 6.42 Å². The smallest absolute Gasteiger partial charge is 0.283 e. The average molecular weight is 436 g/mol. The standard InChI is InChI=1S/C21H14FN5OS2/c22-11-5-6-16-14(9-11)26-20(30-16)21(28)27-8-7-13-17(24-10-23-13)18(27)19-25-12-3-1-2-4-15(12)29-19/h1-6,9-10,18H,7-8H2,(H,23,24)/t18-/m0/s1. The molecule has 2 aromatic carbocycles. The minimum Gasteiger partial charge on any atom is -0.348 e. The molecule has 1 aliphatic heterocycles. The van der Waals surface area contributed by atoms with E-state index in [1.165, 1.54) is 23.5 Å². The van der Waals surface area contributed by atoms with E-state index in [0.29, 0.717) is 23.5 Å². The molecule has 148 valence electrons. The summed E-state index contributed by atoms with van der Waals surface area (Å²) < 4.78 is 15.4. The molecule has 6 nitrogen and oxygen atoms in total. The number of halogens is 1. The molecule has 0 bridgehead atoms. The fourth-order valence-electron chi connectivity index (χ4n) is 3.87. The van der Waals surface area contributed by atoms with Crippen molar-refractivity contribution < 1.29 is 9.18 Å². The first-order valence-electron chi connectivity index (χ1n) is 9.42. The number of aromatic amines is 1. The lowest BCUT2D eigenvalue weighted by atomic mass is 10.0. The summed E-state index contributed by atoms with van der Waals surface area (Å²) in [5.74, 6) is -0.548. The molecule has 1 amide bonds. The van der Waals surface area contributed by atoms with Gasteiger partial charge in [0.2, 0.25) is 0 Å². The molecule has 0 aliphatic carbocycles. The topological polar surface area (TPSA) is 74.8 Å². The maximum absolute atomic E-state index is 13.6. The molecule has 3 aromatic heterocycles. The highest BCUT2D eigenvalue weighted by Gasteiger charge is 2.37. The van der Waals surface area contributed by atoms with Crippen molar-refractivity contribution in [1.82, 2.24) is 24.8 Å². The highest BCUT2D eigenvalue weighted by molar-refractivity contribution is 7.20. The molecule has 5 aromatic rings. The van der Waals surface area contributed by atoms with Crippen LogP contribution in [0.15, 0.2) is 48.8 Å². The summed E-state index contributed by atoms with van der Waals surface area (Å²) in [6, 6.07) is 12.0. The Kier molecular flexibility index (Phi) is 3.93. The summed E-state index contributed by atoms with van der Waals surface area (Å²) in [7, 11) is 0. The predicted molar refractivity (Wildman–Crippen MR) is 114 cm³/mol. The van der Waals surface area contributed by atoms with Gasteiger partial charge < -0.3 is 9.88 Å². The van der Waals surface area contributed by atoms with Crippen molar-refractivity contribution in [3.05, 3.63) is 76.0 Å². The van der Waals surface area contributed by atoms with Gasteiger partial charge in [-0.25, -0.2) is 19.3 Å². The van der Waals surface area contributed by atoms with Crippen LogP contribution in [0.1, 0.15) is 32.2 Å². The first-order valence-corrected chi connectivity index (χ1v) is 11.1. The molecule has 0 saturated carbocycles. The summed E-state index contributed by atoms with van der Waals surface area (Å²) in [6.07, 6.45) is 2.35. The zero-order chi connectivity index (χ0) is 20.2. The number of carbonyl (C=O) groups is 1. The van der Waals surface area contributed by atoms with Crippen LogP contribution >= 0.6 is 22.7 Å². The van der Waals surface area contributed by atoms with Crippen LogP contribution in [0.5, 0.6) is 0 Å². The molecule has 6 rings (SSSR count). The van der Waals surface area contributed by atoms with Gasteiger partial charge in [-0.3, -0.25) is 4.79 Å². The molecule has 0 fully saturated rings. The molecule has 0 radical (unpaired) electrons. The fourth-order valence-corrected chi connectivity index (χ4v) is 5.85. The Balaban J connectivity index is 1.46. The summed E-state index contributed by atoms with van der Waals surface area (Å²) in [5.41, 5.74) is 3.25. The molecular weight excluding hydrogens is 421 g/mol. The number of fused-ring (bicyclic) bond motifs is 3. The number of hydrogen-bond donors (Lipinski definition) is 1. The number of imidazole rings is 1. The van der Waals surface area contributed by atoms with E-state index in [1.807, 2.05) is 24.3 Å². The number of nitrogens with zero attached hydrogens (tertiary/aromatic N) is 4. The van der Waals surface area contributed by atoms with Crippen molar-refractivity contribution >= 4 is 49.0 Å². The summed E-state index contributed by atoms with van der Waals surface area (Å²) in [5, 5.41) is 1.17. The van der Waals surface area contributed by atoms with E-state index < -0.39 is 0 Å². The number of aromatic nitrogens is 4. The molecule has 0 saturated heterocycles. The molecule has 30 heavy (non-hydrogen) atoms. The Labute approximate surface area is 178 Å². The number of hydrogen-bond acceptors (Lipinski definition) is 6. The van der Waals surface area contributed by atoms with Crippen LogP contribution in [0.25, 0.3) is 20.4 Å². The normalized spacial score (nSPS) is 16.3. The Morgan fingerprint density at radius 2 is 1.97 bits per heavy atom. The second-order valence-electron chi connectivity index (χ2n) is 7.07. The van der Waals surface area contributed by atoms with Crippen molar-refractivity contribution in [3.63, 3.8) is 0 Å². The Bertz CT molecular complexity index is 1390. The third-order valence-corrected chi connectivity index (χ3v) is 7.38. The number of carbonyl (C=O) groups excluding carboxylic acids is 1. The quantitative estimate of drug-likeness (QED) is 0.441. The Hall–Kier alpha value is -3.17. The number of para-hydroxylation sites is 1. The van der Waals surface area contributed by atoms with Crippen LogP contribution in [0.2, 0.25) is 0 Å². The third kappa shape index (κ3) is 2.73. The van der Waals surface area contributed by atoms with E-state index in [-0.39, 0.29) is 17.8 Å². The van der Waals surface area contributed by atoms with Gasteiger partial charge in [0.1, 0.15) is 16.9 Å². The average Bonchev–Trinajstić information content (AvgIpc) is 3.48. The largest absolute Gasteiger partial charge is 0.348 e. The van der Waals surface area contributed by atoms with Gasteiger partial charge in [-0.05, 0) is 24.3 Å². The fraction of sp³-hybridized carbons (Fsp3) is 0.143. The first-order chi connectivity index (χ1) is 14.7. The lowest BCUT2D eigenvalue weighted by molar-refractivity contribution is 0.0690. The minimum atomic E-state index is -0.381. The SMILES string of the molecule is O=C(c1nc2cc(F)ccc2s1)N1CCc2[nH]cnc2[C@H]1c1nc2ccccc2s1. The lowest BCUT2D eigenvalue weighted by Gasteiger charge is -2.33. The maximum Gasteiger partial charge on any atom is 0.283 e. The van der Waals surface area contributed by atoms with Crippen molar-refractivity contribution in [3.8, 4) is 0 Å². The van der Waals surface area contributed by atoms with Gasteiger partial charge in [0.05, 0.1) is 32.5 Å². The number of amides is 1. The molecule has 1 N–H and O–H groups in total. The summed E-state index contributed by atoms with van der Waals surface area (Å²) >= 11 is 2.85. The number of rotatable bonds is 2. The minimum absolute atomic E-state index is 0.186. The summed E-state index contributed by atoms with van der Waals surface area (Å²) in [6.45, 7) is 0.527. The van der Waals surface area contributed by atoms with E-state index in [1.54, 1.807) is 28.6 Å². The van der Waals surface area contributed by atoms with Crippen LogP contribution in [0, 0.1) is 5.82 Å². The highest BCUT2D eigenvalue weighted by Crippen LogP contribution is 2.38. The van der Waals surface area contributed by atoms with E-state index in [0.717, 1.165) is 31.3 Å². The van der Waals surface area contributed by atoms with Crippen LogP contribution in [0.4, 0.5) is 4.39 Å². The van der Waals surface area contributed by atoms with E-state index in [2.05, 4.69) is 15.0 Å². The van der Waals surface area contributed by atoms with E-state index in [4.69, 9.17) is 4.98 Å². The van der Waals surface area contributed by atoms with E-state index in [9.17, 15) is 9.18 Å². The zero-order valence-electron chi connectivity index (χ0n) is 15.5. The molecule has 1 atom stereocenters. The van der Waals surface area contributed by atoms with Crippen molar-refractivity contribution in [1.29, 1.82) is 0 Å². The Morgan fingerprint density at radius 3 is 2.87 bits per heavy atom. The molecule has 0 unspecified atom stereocenters. The van der Waals surface area contributed by atoms with Crippen molar-refractivity contribution in [2.75, 3.05) is 6.54 Å². The third-order valence-electron chi connectivity index (χ3n) is 5.26. The molecule has 0 spiro atoms. The number of nitrogens with one attached hydrogen (secondary N) is 1. The van der Waals surface area contributed by atoms with Crippen LogP contribution < -0.4 is 0 Å². The second-order valence-corrected chi connectivity index (χ2v) is 9.16. The van der Waals surface area contributed by atoms with Crippen molar-refractivity contribution in [2.45, 2.75) is 12.5 Å². The highest BCUT2D eigenvalue weighted by atomic mass is 32.1. The van der Waals surface area contributed by atoms with Gasteiger partial charge >= 0.3 is 0 Å². The zero-order valence-corrected chi connectivity index (χ0v) is 17.1. The van der Waals surface area contributed by atoms with Gasteiger partial charge in [0.15, 0.2) is 5.01 Å². The predicted octanol–water partition coefficient (Wildman–Crippen LogP) is 4.56. The summed E-state index contributed by atoms with van der Waals surface area (Å²) in [4.78, 5) is 32.2. The van der Waals surface area contributed by atoms with Gasteiger partial charge in [0.25, 0.3) is 5.91 Å².